The summed E-state index contributed by atoms with van der Waals surface area (Å²) in [5.74, 6) is -0.650. The molecule has 1 aliphatic heterocycles. The summed E-state index contributed by atoms with van der Waals surface area (Å²) in [4.78, 5) is 21.4. The maximum Gasteiger partial charge on any atom is 0.330 e. The minimum absolute atomic E-state index is 0.190. The van der Waals surface area contributed by atoms with E-state index in [0.29, 0.717) is 13.2 Å². The molecule has 0 aliphatic carbocycles. The Morgan fingerprint density at radius 2 is 2.50 bits per heavy atom. The Labute approximate surface area is 58.5 Å². The van der Waals surface area contributed by atoms with Gasteiger partial charge in [-0.1, -0.05) is 0 Å². The topological polar surface area (TPSA) is 55.4 Å². The van der Waals surface area contributed by atoms with Crippen molar-refractivity contribution in [3.05, 3.63) is 0 Å². The highest BCUT2D eigenvalue weighted by atomic mass is 16.5. The first-order valence-corrected chi connectivity index (χ1v) is 3.12. The summed E-state index contributed by atoms with van der Waals surface area (Å²) in [6, 6.07) is -0.728. The molecule has 56 valence electrons. The standard InChI is InChI=1S/C6H9NO3/c1-4(8)5-6(9)10-3-2-7-5/h5,7H,2-3H2,1H3. The Morgan fingerprint density at radius 3 is 2.90 bits per heavy atom. The van der Waals surface area contributed by atoms with Crippen LogP contribution in [-0.2, 0) is 14.3 Å². The molecule has 1 saturated heterocycles. The summed E-state index contributed by atoms with van der Waals surface area (Å²) in [7, 11) is 0. The zero-order chi connectivity index (χ0) is 7.56. The highest BCUT2D eigenvalue weighted by Crippen LogP contribution is 1.95. The highest BCUT2D eigenvalue weighted by molar-refractivity contribution is 6.02. The van der Waals surface area contributed by atoms with Crippen molar-refractivity contribution in [2.75, 3.05) is 13.2 Å². The van der Waals surface area contributed by atoms with Gasteiger partial charge in [-0.25, -0.2) is 4.79 Å². The van der Waals surface area contributed by atoms with Crippen LogP contribution in [-0.4, -0.2) is 30.9 Å². The van der Waals surface area contributed by atoms with Gasteiger partial charge in [0.25, 0.3) is 0 Å². The Bertz CT molecular complexity index is 166. The molecule has 0 saturated carbocycles. The van der Waals surface area contributed by atoms with Gasteiger partial charge in [0.1, 0.15) is 6.61 Å². The molecule has 10 heavy (non-hydrogen) atoms. The molecule has 0 aromatic heterocycles. The molecule has 1 unspecified atom stereocenters. The van der Waals surface area contributed by atoms with E-state index in [9.17, 15) is 9.59 Å². The monoisotopic (exact) mass is 143 g/mol. The van der Waals surface area contributed by atoms with Gasteiger partial charge in [-0.05, 0) is 6.92 Å². The lowest BCUT2D eigenvalue weighted by molar-refractivity contribution is -0.152. The van der Waals surface area contributed by atoms with Crippen LogP contribution in [0.3, 0.4) is 0 Å². The predicted molar refractivity (Wildman–Crippen MR) is 33.4 cm³/mol. The van der Waals surface area contributed by atoms with E-state index in [1.807, 2.05) is 0 Å². The van der Waals surface area contributed by atoms with Crippen LogP contribution in [0.25, 0.3) is 0 Å². The van der Waals surface area contributed by atoms with E-state index in [1.165, 1.54) is 6.92 Å². The van der Waals surface area contributed by atoms with Crippen LogP contribution >= 0.6 is 0 Å². The minimum Gasteiger partial charge on any atom is -0.463 e. The number of carbonyl (C=O) groups is 2. The first-order chi connectivity index (χ1) is 4.72. The van der Waals surface area contributed by atoms with Crippen LogP contribution in [0.1, 0.15) is 6.92 Å². The molecule has 0 aromatic rings. The zero-order valence-electron chi connectivity index (χ0n) is 5.72. The fraction of sp³-hybridized carbons (Fsp3) is 0.667. The average Bonchev–Trinajstić information content (AvgIpc) is 1.88. The van der Waals surface area contributed by atoms with Gasteiger partial charge < -0.3 is 4.74 Å². The van der Waals surface area contributed by atoms with E-state index in [0.717, 1.165) is 0 Å². The lowest BCUT2D eigenvalue weighted by atomic mass is 10.2. The molecule has 1 aliphatic rings. The summed E-state index contributed by atoms with van der Waals surface area (Å²) >= 11 is 0. The second kappa shape index (κ2) is 2.79. The van der Waals surface area contributed by atoms with Gasteiger partial charge in [0, 0.05) is 6.54 Å². The van der Waals surface area contributed by atoms with E-state index < -0.39 is 12.0 Å². The number of nitrogens with one attached hydrogen (secondary N) is 1. The first-order valence-electron chi connectivity index (χ1n) is 3.12. The van der Waals surface area contributed by atoms with E-state index in [1.54, 1.807) is 0 Å². The summed E-state index contributed by atoms with van der Waals surface area (Å²) in [5.41, 5.74) is 0. The molecule has 0 radical (unpaired) electrons. The third-order valence-electron chi connectivity index (χ3n) is 1.34. The van der Waals surface area contributed by atoms with Crippen LogP contribution < -0.4 is 5.32 Å². The number of hydrogen-bond donors (Lipinski definition) is 1. The Balaban J connectivity index is 2.56. The van der Waals surface area contributed by atoms with E-state index in [-0.39, 0.29) is 5.78 Å². The normalized spacial score (nSPS) is 25.7. The number of hydrogen-bond acceptors (Lipinski definition) is 4. The highest BCUT2D eigenvalue weighted by Gasteiger charge is 2.26. The number of morpholine rings is 1. The molecule has 1 heterocycles. The largest absolute Gasteiger partial charge is 0.463 e. The molecule has 1 fully saturated rings. The van der Waals surface area contributed by atoms with Gasteiger partial charge in [-0.15, -0.1) is 0 Å². The number of esters is 1. The van der Waals surface area contributed by atoms with E-state index in [4.69, 9.17) is 0 Å². The average molecular weight is 143 g/mol. The molecular weight excluding hydrogens is 134 g/mol. The van der Waals surface area contributed by atoms with Gasteiger partial charge in [-0.3, -0.25) is 10.1 Å². The van der Waals surface area contributed by atoms with Crippen LogP contribution in [0.15, 0.2) is 0 Å². The van der Waals surface area contributed by atoms with E-state index in [2.05, 4.69) is 10.1 Å². The van der Waals surface area contributed by atoms with Crippen molar-refractivity contribution in [1.29, 1.82) is 0 Å². The van der Waals surface area contributed by atoms with Crippen molar-refractivity contribution in [3.8, 4) is 0 Å². The second-order valence-electron chi connectivity index (χ2n) is 2.17. The number of Topliss-reactive ketones (excluding diaryl/α,β-unsaturated/α-hetero) is 1. The van der Waals surface area contributed by atoms with Crippen molar-refractivity contribution in [1.82, 2.24) is 5.32 Å². The van der Waals surface area contributed by atoms with Crippen LogP contribution in [0.4, 0.5) is 0 Å². The predicted octanol–water partition coefficient (Wildman–Crippen LogP) is -0.910. The van der Waals surface area contributed by atoms with Crippen molar-refractivity contribution in [2.24, 2.45) is 0 Å². The van der Waals surface area contributed by atoms with Gasteiger partial charge in [0.2, 0.25) is 0 Å². The molecule has 4 nitrogen and oxygen atoms in total. The van der Waals surface area contributed by atoms with E-state index >= 15 is 0 Å². The van der Waals surface area contributed by atoms with Crippen LogP contribution in [0.2, 0.25) is 0 Å². The van der Waals surface area contributed by atoms with Crippen molar-refractivity contribution in [3.63, 3.8) is 0 Å². The lowest BCUT2D eigenvalue weighted by Gasteiger charge is -2.19. The quantitative estimate of drug-likeness (QED) is 0.381. The third-order valence-corrected chi connectivity index (χ3v) is 1.34. The molecule has 4 heteroatoms. The number of rotatable bonds is 1. The fourth-order valence-corrected chi connectivity index (χ4v) is 0.831. The molecule has 0 aromatic carbocycles. The number of ether oxygens (including phenoxy) is 1. The van der Waals surface area contributed by atoms with Gasteiger partial charge in [-0.2, -0.15) is 0 Å². The molecule has 0 bridgehead atoms. The SMILES string of the molecule is CC(=O)C1NCCOC1=O. The molecule has 1 N–H and O–H groups in total. The Kier molecular flexibility index (Phi) is 2.01. The molecular formula is C6H9NO3. The molecule has 0 spiro atoms. The van der Waals surface area contributed by atoms with Gasteiger partial charge >= 0.3 is 5.97 Å². The summed E-state index contributed by atoms with van der Waals surface area (Å²) in [6.45, 7) is 2.29. The third kappa shape index (κ3) is 1.33. The number of ketones is 1. The zero-order valence-corrected chi connectivity index (χ0v) is 5.72. The van der Waals surface area contributed by atoms with Gasteiger partial charge in [0.05, 0.1) is 0 Å². The molecule has 1 atom stereocenters. The van der Waals surface area contributed by atoms with Crippen molar-refractivity contribution in [2.45, 2.75) is 13.0 Å². The summed E-state index contributed by atoms with van der Waals surface area (Å²) < 4.78 is 4.63. The summed E-state index contributed by atoms with van der Waals surface area (Å²) in [5, 5.41) is 2.74. The number of carbonyl (C=O) groups excluding carboxylic acids is 2. The molecule has 0 amide bonds. The van der Waals surface area contributed by atoms with Crippen molar-refractivity contribution < 1.29 is 14.3 Å². The van der Waals surface area contributed by atoms with Crippen molar-refractivity contribution >= 4 is 11.8 Å². The van der Waals surface area contributed by atoms with Gasteiger partial charge in [0.15, 0.2) is 11.8 Å². The maximum absolute atomic E-state index is 10.7. The van der Waals surface area contributed by atoms with Crippen LogP contribution in [0, 0.1) is 0 Å². The smallest absolute Gasteiger partial charge is 0.330 e. The fourth-order valence-electron chi connectivity index (χ4n) is 0.831. The lowest BCUT2D eigenvalue weighted by Crippen LogP contribution is -2.49. The molecule has 1 rings (SSSR count). The minimum atomic E-state index is -0.728. The van der Waals surface area contributed by atoms with Crippen LogP contribution in [0.5, 0.6) is 0 Å². The maximum atomic E-state index is 10.7. The second-order valence-corrected chi connectivity index (χ2v) is 2.17. The Morgan fingerprint density at radius 1 is 1.80 bits per heavy atom. The number of cyclic esters (lactones) is 1. The first kappa shape index (κ1) is 7.21. The Hall–Kier alpha value is -0.900. The summed E-state index contributed by atoms with van der Waals surface area (Å²) in [6.07, 6.45) is 0.